The smallest absolute Gasteiger partial charge is 0.000673 e. The van der Waals surface area contributed by atoms with Gasteiger partial charge in [0.1, 0.15) is 0 Å². The van der Waals surface area contributed by atoms with E-state index >= 15 is 0 Å². The SMILES string of the molecule is CCC.CN(CC1CC1)CC1CC1. The predicted molar refractivity (Wildman–Crippen MR) is 58.9 cm³/mol. The maximum Gasteiger partial charge on any atom is 0.000673 e. The van der Waals surface area contributed by atoms with Gasteiger partial charge in [-0.1, -0.05) is 20.3 Å². The minimum atomic E-state index is 1.07. The highest BCUT2D eigenvalue weighted by molar-refractivity contribution is 4.80. The summed E-state index contributed by atoms with van der Waals surface area (Å²) in [5.74, 6) is 2.15. The van der Waals surface area contributed by atoms with Crippen molar-refractivity contribution >= 4 is 0 Å². The molecule has 2 aliphatic carbocycles. The van der Waals surface area contributed by atoms with Gasteiger partial charge in [0.05, 0.1) is 0 Å². The molecule has 0 radical (unpaired) electrons. The highest BCUT2D eigenvalue weighted by Crippen LogP contribution is 2.32. The van der Waals surface area contributed by atoms with Gasteiger partial charge in [-0.2, -0.15) is 0 Å². The van der Waals surface area contributed by atoms with Crippen molar-refractivity contribution in [3.63, 3.8) is 0 Å². The molecule has 1 heteroatoms. The molecule has 78 valence electrons. The zero-order chi connectivity index (χ0) is 9.68. The molecule has 13 heavy (non-hydrogen) atoms. The average molecular weight is 183 g/mol. The van der Waals surface area contributed by atoms with Crippen LogP contribution < -0.4 is 0 Å². The van der Waals surface area contributed by atoms with Crippen LogP contribution in [-0.4, -0.2) is 25.0 Å². The Kier molecular flexibility index (Phi) is 4.79. The minimum absolute atomic E-state index is 1.07. The molecule has 0 amide bonds. The molecule has 0 aromatic carbocycles. The van der Waals surface area contributed by atoms with Crippen LogP contribution in [0.4, 0.5) is 0 Å². The van der Waals surface area contributed by atoms with E-state index in [1.165, 1.54) is 45.2 Å². The van der Waals surface area contributed by atoms with Crippen molar-refractivity contribution < 1.29 is 0 Å². The average Bonchev–Trinajstić information content (AvgIpc) is 2.85. The van der Waals surface area contributed by atoms with E-state index in [1.807, 2.05) is 0 Å². The summed E-state index contributed by atoms with van der Waals surface area (Å²) in [5, 5.41) is 0. The minimum Gasteiger partial charge on any atom is -0.306 e. The lowest BCUT2D eigenvalue weighted by molar-refractivity contribution is 0.308. The van der Waals surface area contributed by atoms with Crippen LogP contribution in [0.15, 0.2) is 0 Å². The summed E-state index contributed by atoms with van der Waals surface area (Å²) in [6.07, 6.45) is 7.23. The Morgan fingerprint density at radius 1 is 0.923 bits per heavy atom. The van der Waals surface area contributed by atoms with Crippen molar-refractivity contribution in [1.82, 2.24) is 4.90 Å². The third-order valence-electron chi connectivity index (χ3n) is 2.53. The van der Waals surface area contributed by atoms with Gasteiger partial charge in [-0.25, -0.2) is 0 Å². The third kappa shape index (κ3) is 6.09. The number of nitrogens with zero attached hydrogens (tertiary/aromatic N) is 1. The van der Waals surface area contributed by atoms with Gasteiger partial charge in [0.15, 0.2) is 0 Å². The van der Waals surface area contributed by atoms with Gasteiger partial charge in [-0.3, -0.25) is 0 Å². The molecule has 0 unspecified atom stereocenters. The number of hydrogen-bond acceptors (Lipinski definition) is 1. The van der Waals surface area contributed by atoms with Crippen LogP contribution in [0.3, 0.4) is 0 Å². The van der Waals surface area contributed by atoms with Gasteiger partial charge in [-0.15, -0.1) is 0 Å². The summed E-state index contributed by atoms with van der Waals surface area (Å²) in [6.45, 7) is 6.99. The maximum atomic E-state index is 2.52. The van der Waals surface area contributed by atoms with Crippen molar-refractivity contribution in [2.75, 3.05) is 20.1 Å². The third-order valence-corrected chi connectivity index (χ3v) is 2.53. The first-order chi connectivity index (χ1) is 6.26. The largest absolute Gasteiger partial charge is 0.306 e. The zero-order valence-electron chi connectivity index (χ0n) is 9.55. The highest BCUT2D eigenvalue weighted by Gasteiger charge is 2.27. The molecule has 1 nitrogen and oxygen atoms in total. The fraction of sp³-hybridized carbons (Fsp3) is 1.00. The highest BCUT2D eigenvalue weighted by atomic mass is 15.1. The summed E-state index contributed by atoms with van der Waals surface area (Å²) < 4.78 is 0. The molecule has 0 saturated heterocycles. The molecular formula is C12H25N. The normalized spacial score (nSPS) is 21.2. The molecule has 2 rings (SSSR count). The summed E-state index contributed by atoms with van der Waals surface area (Å²) in [4.78, 5) is 2.52. The van der Waals surface area contributed by atoms with Crippen LogP contribution >= 0.6 is 0 Å². The molecule has 0 bridgehead atoms. The number of rotatable bonds is 4. The lowest BCUT2D eigenvalue weighted by atomic mass is 10.3. The summed E-state index contributed by atoms with van der Waals surface area (Å²) in [5.41, 5.74) is 0. The second-order valence-electron chi connectivity index (χ2n) is 4.82. The Balaban J connectivity index is 0.000000251. The standard InChI is InChI=1S/C9H17N.C3H8/c1-10(6-8-2-3-8)7-9-4-5-9;1-3-2/h8-9H,2-7H2,1H3;3H2,1-2H3. The molecular weight excluding hydrogens is 158 g/mol. The fourth-order valence-electron chi connectivity index (χ4n) is 1.56. The predicted octanol–water partition coefficient (Wildman–Crippen LogP) is 3.15. The Hall–Kier alpha value is -0.0400. The molecule has 2 aliphatic rings. The molecule has 0 heterocycles. The Morgan fingerprint density at radius 2 is 1.23 bits per heavy atom. The second kappa shape index (κ2) is 5.64. The topological polar surface area (TPSA) is 3.24 Å². The van der Waals surface area contributed by atoms with E-state index < -0.39 is 0 Å². The van der Waals surface area contributed by atoms with Gasteiger partial charge >= 0.3 is 0 Å². The van der Waals surface area contributed by atoms with Gasteiger partial charge in [0, 0.05) is 13.1 Å². The van der Waals surface area contributed by atoms with Crippen molar-refractivity contribution in [2.45, 2.75) is 46.0 Å². The Morgan fingerprint density at radius 3 is 1.46 bits per heavy atom. The molecule has 0 N–H and O–H groups in total. The van der Waals surface area contributed by atoms with Crippen molar-refractivity contribution in [1.29, 1.82) is 0 Å². The fourth-order valence-corrected chi connectivity index (χ4v) is 1.56. The lowest BCUT2D eigenvalue weighted by Gasteiger charge is -2.14. The van der Waals surface area contributed by atoms with Crippen molar-refractivity contribution in [3.05, 3.63) is 0 Å². The summed E-state index contributed by atoms with van der Waals surface area (Å²) >= 11 is 0. The summed E-state index contributed by atoms with van der Waals surface area (Å²) in [7, 11) is 2.27. The van der Waals surface area contributed by atoms with E-state index in [2.05, 4.69) is 25.8 Å². The van der Waals surface area contributed by atoms with Crippen LogP contribution in [0, 0.1) is 11.8 Å². The Labute approximate surface area is 83.5 Å². The van der Waals surface area contributed by atoms with Gasteiger partial charge in [0.25, 0.3) is 0 Å². The number of hydrogen-bond donors (Lipinski definition) is 0. The first kappa shape index (κ1) is 11.0. The molecule has 0 spiro atoms. The van der Waals surface area contributed by atoms with Crippen LogP contribution in [0.5, 0.6) is 0 Å². The van der Waals surface area contributed by atoms with E-state index in [0.717, 1.165) is 11.8 Å². The first-order valence-corrected chi connectivity index (χ1v) is 5.94. The molecule has 0 aliphatic heterocycles. The van der Waals surface area contributed by atoms with E-state index in [4.69, 9.17) is 0 Å². The van der Waals surface area contributed by atoms with Crippen LogP contribution in [0.2, 0.25) is 0 Å². The first-order valence-electron chi connectivity index (χ1n) is 5.94. The molecule has 2 saturated carbocycles. The van der Waals surface area contributed by atoms with Crippen LogP contribution in [-0.2, 0) is 0 Å². The molecule has 0 aromatic heterocycles. The van der Waals surface area contributed by atoms with E-state index in [0.29, 0.717) is 0 Å². The van der Waals surface area contributed by atoms with Gasteiger partial charge in [-0.05, 0) is 44.6 Å². The van der Waals surface area contributed by atoms with Crippen LogP contribution in [0.25, 0.3) is 0 Å². The second-order valence-corrected chi connectivity index (χ2v) is 4.82. The lowest BCUT2D eigenvalue weighted by Crippen LogP contribution is -2.23. The Bertz CT molecular complexity index is 111. The molecule has 0 atom stereocenters. The van der Waals surface area contributed by atoms with Crippen molar-refractivity contribution in [3.8, 4) is 0 Å². The van der Waals surface area contributed by atoms with Crippen LogP contribution in [0.1, 0.15) is 46.0 Å². The van der Waals surface area contributed by atoms with Gasteiger partial charge < -0.3 is 4.90 Å². The maximum absolute atomic E-state index is 2.52. The van der Waals surface area contributed by atoms with E-state index in [-0.39, 0.29) is 0 Å². The summed E-state index contributed by atoms with van der Waals surface area (Å²) in [6, 6.07) is 0. The van der Waals surface area contributed by atoms with Crippen molar-refractivity contribution in [2.24, 2.45) is 11.8 Å². The molecule has 2 fully saturated rings. The monoisotopic (exact) mass is 183 g/mol. The quantitative estimate of drug-likeness (QED) is 0.647. The van der Waals surface area contributed by atoms with E-state index in [1.54, 1.807) is 0 Å². The van der Waals surface area contributed by atoms with Gasteiger partial charge in [0.2, 0.25) is 0 Å². The zero-order valence-corrected chi connectivity index (χ0v) is 9.55. The molecule has 0 aromatic rings. The van der Waals surface area contributed by atoms with E-state index in [9.17, 15) is 0 Å².